The second kappa shape index (κ2) is 8.98. The van der Waals surface area contributed by atoms with Gasteiger partial charge in [0.05, 0.1) is 19.1 Å². The van der Waals surface area contributed by atoms with E-state index in [1.54, 1.807) is 0 Å². The number of nitrogens with one attached hydrogen (secondary N) is 1. The van der Waals surface area contributed by atoms with Crippen molar-refractivity contribution >= 4 is 11.9 Å². The minimum atomic E-state index is -5.08. The number of ether oxygens (including phenoxy) is 1. The molecule has 3 atom stereocenters. The summed E-state index contributed by atoms with van der Waals surface area (Å²) in [7, 11) is 0. The van der Waals surface area contributed by atoms with Gasteiger partial charge in [0.25, 0.3) is 0 Å². The predicted molar refractivity (Wildman–Crippen MR) is 94.6 cm³/mol. The van der Waals surface area contributed by atoms with Gasteiger partial charge in [-0.1, -0.05) is 6.42 Å². The van der Waals surface area contributed by atoms with E-state index >= 15 is 0 Å². The summed E-state index contributed by atoms with van der Waals surface area (Å²) in [6.07, 6.45) is 3.69. The van der Waals surface area contributed by atoms with Crippen LogP contribution < -0.4 is 5.32 Å². The van der Waals surface area contributed by atoms with Crippen LogP contribution in [0.1, 0.15) is 44.9 Å². The first-order valence-electron chi connectivity index (χ1n) is 10.2. The molecule has 2 aliphatic heterocycles. The Morgan fingerprint density at radius 3 is 2.36 bits per heavy atom. The van der Waals surface area contributed by atoms with Crippen LogP contribution in [0.3, 0.4) is 0 Å². The molecule has 0 aromatic heterocycles. The maximum Gasteiger partial charge on any atom is 0.490 e. The third-order valence-corrected chi connectivity index (χ3v) is 6.33. The first-order chi connectivity index (χ1) is 13.2. The molecule has 0 aromatic carbocycles. The van der Waals surface area contributed by atoms with Crippen molar-refractivity contribution in [3.8, 4) is 0 Å². The van der Waals surface area contributed by atoms with Crippen LogP contribution in [-0.2, 0) is 14.3 Å². The molecule has 0 unspecified atom stereocenters. The van der Waals surface area contributed by atoms with Gasteiger partial charge in [0.15, 0.2) is 0 Å². The number of carbonyl (C=O) groups excluding carboxylic acids is 1. The van der Waals surface area contributed by atoms with Gasteiger partial charge in [0.2, 0.25) is 5.91 Å². The Hall–Kier alpha value is -1.35. The van der Waals surface area contributed by atoms with Gasteiger partial charge in [-0.3, -0.25) is 4.79 Å². The SMILES string of the molecule is O=C(C[C@@H]1OC[C@H]2CN(C3CCC3)CC[C@H]21)NCC1CC1.O=C(O)C(F)(F)F. The number of hydrogen-bond donors (Lipinski definition) is 2. The summed E-state index contributed by atoms with van der Waals surface area (Å²) in [5.74, 6) is -0.507. The first-order valence-corrected chi connectivity index (χ1v) is 10.2. The van der Waals surface area contributed by atoms with Crippen LogP contribution in [0.5, 0.6) is 0 Å². The van der Waals surface area contributed by atoms with Crippen LogP contribution in [0, 0.1) is 17.8 Å². The van der Waals surface area contributed by atoms with Crippen LogP contribution in [0.25, 0.3) is 0 Å². The fourth-order valence-corrected chi connectivity index (χ4v) is 4.24. The van der Waals surface area contributed by atoms with Crippen LogP contribution >= 0.6 is 0 Å². The molecule has 9 heteroatoms. The molecule has 2 aliphatic carbocycles. The standard InChI is InChI=1S/C17H28N2O2.C2HF3O2/c20-17(18-9-12-4-5-12)8-16-15-6-7-19(14-2-1-3-14)10-13(15)11-21-16;3-2(4,5)1(6)7/h12-16H,1-11H2,(H,18,20);(H,6,7)/t13-,15-,16+;/m1./s1. The van der Waals surface area contributed by atoms with E-state index in [0.717, 1.165) is 25.1 Å². The van der Waals surface area contributed by atoms with Crippen molar-refractivity contribution in [3.05, 3.63) is 0 Å². The van der Waals surface area contributed by atoms with Crippen molar-refractivity contribution in [1.82, 2.24) is 10.2 Å². The van der Waals surface area contributed by atoms with Crippen molar-refractivity contribution in [2.45, 2.75) is 63.3 Å². The Morgan fingerprint density at radius 1 is 1.14 bits per heavy atom. The molecule has 0 spiro atoms. The van der Waals surface area contributed by atoms with Gasteiger partial charge in [-0.2, -0.15) is 13.2 Å². The number of nitrogens with zero attached hydrogens (tertiary/aromatic N) is 1. The Morgan fingerprint density at radius 2 is 1.82 bits per heavy atom. The lowest BCUT2D eigenvalue weighted by Gasteiger charge is -2.43. The zero-order valence-corrected chi connectivity index (χ0v) is 15.9. The molecule has 6 nitrogen and oxygen atoms in total. The van der Waals surface area contributed by atoms with E-state index in [0.29, 0.717) is 18.3 Å². The molecular weight excluding hydrogens is 377 g/mol. The Labute approximate surface area is 162 Å². The number of carbonyl (C=O) groups is 2. The Kier molecular flexibility index (Phi) is 6.85. The molecule has 2 N–H and O–H groups in total. The summed E-state index contributed by atoms with van der Waals surface area (Å²) >= 11 is 0. The fraction of sp³-hybridized carbons (Fsp3) is 0.895. The highest BCUT2D eigenvalue weighted by Crippen LogP contribution is 2.38. The van der Waals surface area contributed by atoms with Gasteiger partial charge in [0.1, 0.15) is 0 Å². The minimum absolute atomic E-state index is 0.178. The molecule has 28 heavy (non-hydrogen) atoms. The second-order valence-corrected chi connectivity index (χ2v) is 8.42. The number of halogens is 3. The van der Waals surface area contributed by atoms with Crippen LogP contribution in [0.2, 0.25) is 0 Å². The fourth-order valence-electron chi connectivity index (χ4n) is 4.24. The van der Waals surface area contributed by atoms with Crippen molar-refractivity contribution in [1.29, 1.82) is 0 Å². The number of amides is 1. The average Bonchev–Trinajstić information content (AvgIpc) is 3.33. The maximum atomic E-state index is 12.0. The molecule has 160 valence electrons. The quantitative estimate of drug-likeness (QED) is 0.733. The molecule has 0 radical (unpaired) electrons. The number of piperidine rings is 1. The van der Waals surface area contributed by atoms with E-state index in [1.807, 2.05) is 0 Å². The number of hydrogen-bond acceptors (Lipinski definition) is 4. The van der Waals surface area contributed by atoms with Crippen molar-refractivity contribution in [2.75, 3.05) is 26.2 Å². The highest BCUT2D eigenvalue weighted by atomic mass is 19.4. The van der Waals surface area contributed by atoms with Crippen molar-refractivity contribution in [2.24, 2.45) is 17.8 Å². The number of alkyl halides is 3. The van der Waals surface area contributed by atoms with E-state index in [4.69, 9.17) is 14.6 Å². The average molecular weight is 406 g/mol. The molecule has 2 saturated heterocycles. The highest BCUT2D eigenvalue weighted by Gasteiger charge is 2.43. The maximum absolute atomic E-state index is 12.0. The zero-order chi connectivity index (χ0) is 20.3. The van der Waals surface area contributed by atoms with Gasteiger partial charge in [-0.25, -0.2) is 4.79 Å². The van der Waals surface area contributed by atoms with E-state index in [-0.39, 0.29) is 12.0 Å². The largest absolute Gasteiger partial charge is 0.490 e. The van der Waals surface area contributed by atoms with Crippen LogP contribution in [0.15, 0.2) is 0 Å². The highest BCUT2D eigenvalue weighted by molar-refractivity contribution is 5.76. The zero-order valence-electron chi connectivity index (χ0n) is 15.9. The summed E-state index contributed by atoms with van der Waals surface area (Å²) in [5, 5.41) is 10.2. The Bertz CT molecular complexity index is 564. The summed E-state index contributed by atoms with van der Waals surface area (Å²) < 4.78 is 37.7. The summed E-state index contributed by atoms with van der Waals surface area (Å²) in [5.41, 5.74) is 0. The summed E-state index contributed by atoms with van der Waals surface area (Å²) in [4.78, 5) is 23.6. The van der Waals surface area contributed by atoms with Gasteiger partial charge >= 0.3 is 12.1 Å². The number of aliphatic carboxylic acids is 1. The topological polar surface area (TPSA) is 78.9 Å². The summed E-state index contributed by atoms with van der Waals surface area (Å²) in [6, 6.07) is 0.854. The normalized spacial score (nSPS) is 30.6. The van der Waals surface area contributed by atoms with E-state index < -0.39 is 12.1 Å². The number of carboxylic acid groups (broad SMARTS) is 1. The van der Waals surface area contributed by atoms with E-state index in [1.165, 1.54) is 51.6 Å². The molecular formula is C19H29F3N2O4. The third kappa shape index (κ3) is 5.83. The van der Waals surface area contributed by atoms with Gasteiger partial charge < -0.3 is 20.1 Å². The monoisotopic (exact) mass is 406 g/mol. The number of fused-ring (bicyclic) bond motifs is 1. The van der Waals surface area contributed by atoms with E-state index in [2.05, 4.69) is 10.2 Å². The molecule has 4 aliphatic rings. The molecule has 2 heterocycles. The molecule has 2 saturated carbocycles. The molecule has 0 bridgehead atoms. The molecule has 4 fully saturated rings. The number of carboxylic acids is 1. The smallest absolute Gasteiger partial charge is 0.475 e. The minimum Gasteiger partial charge on any atom is -0.475 e. The van der Waals surface area contributed by atoms with Crippen LogP contribution in [-0.4, -0.2) is 66.4 Å². The lowest BCUT2D eigenvalue weighted by molar-refractivity contribution is -0.192. The predicted octanol–water partition coefficient (Wildman–Crippen LogP) is 2.43. The lowest BCUT2D eigenvalue weighted by Crippen LogP contribution is -2.49. The second-order valence-electron chi connectivity index (χ2n) is 8.42. The number of rotatable bonds is 5. The Balaban J connectivity index is 0.000000279. The van der Waals surface area contributed by atoms with Gasteiger partial charge in [-0.05, 0) is 50.5 Å². The lowest BCUT2D eigenvalue weighted by atomic mass is 9.80. The summed E-state index contributed by atoms with van der Waals surface area (Å²) in [6.45, 7) is 4.18. The van der Waals surface area contributed by atoms with Crippen LogP contribution in [0.4, 0.5) is 13.2 Å². The molecule has 1 amide bonds. The van der Waals surface area contributed by atoms with Crippen molar-refractivity contribution < 1.29 is 32.6 Å². The number of likely N-dealkylation sites (tertiary alicyclic amines) is 1. The van der Waals surface area contributed by atoms with Crippen molar-refractivity contribution in [3.63, 3.8) is 0 Å². The first kappa shape index (κ1) is 21.4. The van der Waals surface area contributed by atoms with Gasteiger partial charge in [-0.15, -0.1) is 0 Å². The third-order valence-electron chi connectivity index (χ3n) is 6.33. The van der Waals surface area contributed by atoms with E-state index in [9.17, 15) is 18.0 Å². The molecule has 0 aromatic rings. The molecule has 4 rings (SSSR count). The van der Waals surface area contributed by atoms with Gasteiger partial charge in [0, 0.05) is 25.0 Å².